The Bertz CT molecular complexity index is 450. The van der Waals surface area contributed by atoms with E-state index < -0.39 is 11.4 Å². The minimum atomic E-state index is -0.633. The van der Waals surface area contributed by atoms with Gasteiger partial charge in [-0.15, -0.1) is 0 Å². The highest BCUT2D eigenvalue weighted by Gasteiger charge is 2.40. The molecule has 104 valence electrons. The summed E-state index contributed by atoms with van der Waals surface area (Å²) in [5.41, 5.74) is 1.75. The molecule has 0 aliphatic heterocycles. The molecule has 3 heteroatoms. The normalized spacial score (nSPS) is 18.0. The van der Waals surface area contributed by atoms with Crippen molar-refractivity contribution in [3.63, 3.8) is 0 Å². The molecule has 2 rings (SSSR count). The molecule has 0 spiro atoms. The Hall–Kier alpha value is -1.51. The van der Waals surface area contributed by atoms with Crippen molar-refractivity contribution in [2.24, 2.45) is 5.41 Å². The number of rotatable bonds is 4. The summed E-state index contributed by atoms with van der Waals surface area (Å²) in [5.74, 6) is -0.633. The van der Waals surface area contributed by atoms with Crippen molar-refractivity contribution >= 4 is 11.7 Å². The van der Waals surface area contributed by atoms with E-state index in [0.717, 1.165) is 31.4 Å². The van der Waals surface area contributed by atoms with Crippen molar-refractivity contribution in [3.05, 3.63) is 29.8 Å². The second-order valence-corrected chi connectivity index (χ2v) is 5.84. The number of nitrogens with zero attached hydrogens (tertiary/aromatic N) is 1. The molecule has 0 radical (unpaired) electrons. The molecule has 0 aromatic heterocycles. The number of aryl methyl sites for hydroxylation is 1. The van der Waals surface area contributed by atoms with Gasteiger partial charge in [-0.25, -0.2) is 0 Å². The van der Waals surface area contributed by atoms with Gasteiger partial charge in [-0.1, -0.05) is 31.4 Å². The van der Waals surface area contributed by atoms with E-state index in [1.807, 2.05) is 19.2 Å². The molecule has 1 aliphatic carbocycles. The van der Waals surface area contributed by atoms with Crippen LogP contribution in [-0.2, 0) is 4.79 Å². The maximum atomic E-state index is 11.7. The van der Waals surface area contributed by atoms with E-state index in [9.17, 15) is 9.90 Å². The molecule has 1 aromatic carbocycles. The summed E-state index contributed by atoms with van der Waals surface area (Å²) in [4.78, 5) is 13.8. The third kappa shape index (κ3) is 3.09. The first-order valence-corrected chi connectivity index (χ1v) is 7.05. The summed E-state index contributed by atoms with van der Waals surface area (Å²) >= 11 is 0. The molecule has 0 amide bonds. The molecule has 0 saturated heterocycles. The summed E-state index contributed by atoms with van der Waals surface area (Å²) in [7, 11) is 1.99. The number of hydrogen-bond donors (Lipinski definition) is 1. The zero-order chi connectivity index (χ0) is 13.9. The quantitative estimate of drug-likeness (QED) is 0.902. The van der Waals surface area contributed by atoms with Gasteiger partial charge >= 0.3 is 5.97 Å². The molecule has 0 atom stereocenters. The second-order valence-electron chi connectivity index (χ2n) is 5.84. The van der Waals surface area contributed by atoms with Gasteiger partial charge in [0.1, 0.15) is 0 Å². The van der Waals surface area contributed by atoms with Crippen LogP contribution < -0.4 is 4.90 Å². The molecular weight excluding hydrogens is 238 g/mol. The van der Waals surface area contributed by atoms with Gasteiger partial charge < -0.3 is 10.0 Å². The Morgan fingerprint density at radius 3 is 2.58 bits per heavy atom. The summed E-state index contributed by atoms with van der Waals surface area (Å²) < 4.78 is 0. The van der Waals surface area contributed by atoms with Crippen molar-refractivity contribution in [3.8, 4) is 0 Å². The van der Waals surface area contributed by atoms with Gasteiger partial charge in [0.2, 0.25) is 0 Å². The van der Waals surface area contributed by atoms with E-state index in [1.165, 1.54) is 12.0 Å². The number of benzene rings is 1. The first-order chi connectivity index (χ1) is 9.03. The smallest absolute Gasteiger partial charge is 0.311 e. The molecule has 3 nitrogen and oxygen atoms in total. The monoisotopic (exact) mass is 261 g/mol. The first kappa shape index (κ1) is 13.9. The summed E-state index contributed by atoms with van der Waals surface area (Å²) in [6, 6.07) is 8.24. The van der Waals surface area contributed by atoms with Gasteiger partial charge in [0, 0.05) is 19.3 Å². The van der Waals surface area contributed by atoms with Crippen molar-refractivity contribution in [1.82, 2.24) is 0 Å². The van der Waals surface area contributed by atoms with E-state index in [1.54, 1.807) is 0 Å². The van der Waals surface area contributed by atoms with Gasteiger partial charge in [0.25, 0.3) is 0 Å². The average Bonchev–Trinajstić information content (AvgIpc) is 2.39. The van der Waals surface area contributed by atoms with Crippen LogP contribution in [0.25, 0.3) is 0 Å². The maximum absolute atomic E-state index is 11.7. The number of anilines is 1. The molecule has 1 fully saturated rings. The van der Waals surface area contributed by atoms with Crippen LogP contribution in [0.4, 0.5) is 5.69 Å². The van der Waals surface area contributed by atoms with Gasteiger partial charge in [-0.05, 0) is 37.5 Å². The lowest BCUT2D eigenvalue weighted by Gasteiger charge is -2.37. The number of carboxylic acids is 1. The van der Waals surface area contributed by atoms with Crippen LogP contribution in [-0.4, -0.2) is 24.7 Å². The number of carbonyl (C=O) groups is 1. The van der Waals surface area contributed by atoms with E-state index >= 15 is 0 Å². The fourth-order valence-electron chi connectivity index (χ4n) is 3.08. The highest BCUT2D eigenvalue weighted by atomic mass is 16.4. The molecule has 1 aliphatic rings. The highest BCUT2D eigenvalue weighted by Crippen LogP contribution is 2.38. The zero-order valence-corrected chi connectivity index (χ0v) is 11.9. The van der Waals surface area contributed by atoms with Gasteiger partial charge in [0.15, 0.2) is 0 Å². The van der Waals surface area contributed by atoms with E-state index in [2.05, 4.69) is 24.0 Å². The third-order valence-corrected chi connectivity index (χ3v) is 4.25. The summed E-state index contributed by atoms with van der Waals surface area (Å²) in [5, 5.41) is 9.61. The molecule has 0 unspecified atom stereocenters. The van der Waals surface area contributed by atoms with Crippen LogP contribution in [0, 0.1) is 12.3 Å². The van der Waals surface area contributed by atoms with E-state index in [-0.39, 0.29) is 0 Å². The Kier molecular flexibility index (Phi) is 4.13. The van der Waals surface area contributed by atoms with Crippen LogP contribution in [0.15, 0.2) is 24.3 Å². The lowest BCUT2D eigenvalue weighted by atomic mass is 9.73. The highest BCUT2D eigenvalue weighted by molar-refractivity contribution is 5.75. The first-order valence-electron chi connectivity index (χ1n) is 7.05. The fourth-order valence-corrected chi connectivity index (χ4v) is 3.08. The van der Waals surface area contributed by atoms with Gasteiger partial charge in [-0.3, -0.25) is 4.79 Å². The topological polar surface area (TPSA) is 40.5 Å². The molecule has 1 aromatic rings. The van der Waals surface area contributed by atoms with Crippen molar-refractivity contribution < 1.29 is 9.90 Å². The van der Waals surface area contributed by atoms with Crippen LogP contribution in [0.3, 0.4) is 0 Å². The van der Waals surface area contributed by atoms with Crippen LogP contribution in [0.1, 0.15) is 37.7 Å². The lowest BCUT2D eigenvalue weighted by Crippen LogP contribution is -2.43. The molecule has 1 saturated carbocycles. The SMILES string of the molecule is Cc1cccc(N(C)CC2(C(=O)O)CCCCC2)c1. The Labute approximate surface area is 115 Å². The minimum Gasteiger partial charge on any atom is -0.481 e. The number of carboxylic acid groups (broad SMARTS) is 1. The van der Waals surface area contributed by atoms with Crippen molar-refractivity contribution in [2.75, 3.05) is 18.5 Å². The Morgan fingerprint density at radius 2 is 2.00 bits per heavy atom. The van der Waals surface area contributed by atoms with Crippen LogP contribution in [0.5, 0.6) is 0 Å². The number of aliphatic carboxylic acids is 1. The van der Waals surface area contributed by atoms with Crippen LogP contribution >= 0.6 is 0 Å². The molecule has 19 heavy (non-hydrogen) atoms. The van der Waals surface area contributed by atoms with Crippen molar-refractivity contribution in [2.45, 2.75) is 39.0 Å². The van der Waals surface area contributed by atoms with Gasteiger partial charge in [-0.2, -0.15) is 0 Å². The maximum Gasteiger partial charge on any atom is 0.311 e. The minimum absolute atomic E-state index is 0.559. The predicted molar refractivity (Wildman–Crippen MR) is 77.6 cm³/mol. The largest absolute Gasteiger partial charge is 0.481 e. The van der Waals surface area contributed by atoms with E-state index in [0.29, 0.717) is 6.54 Å². The van der Waals surface area contributed by atoms with Gasteiger partial charge in [0.05, 0.1) is 5.41 Å². The lowest BCUT2D eigenvalue weighted by molar-refractivity contribution is -0.150. The molecule has 1 N–H and O–H groups in total. The second kappa shape index (κ2) is 5.64. The molecule has 0 bridgehead atoms. The number of hydrogen-bond acceptors (Lipinski definition) is 2. The fraction of sp³-hybridized carbons (Fsp3) is 0.562. The third-order valence-electron chi connectivity index (χ3n) is 4.25. The predicted octanol–water partition coefficient (Wildman–Crippen LogP) is 3.47. The summed E-state index contributed by atoms with van der Waals surface area (Å²) in [6.45, 7) is 2.66. The van der Waals surface area contributed by atoms with E-state index in [4.69, 9.17) is 0 Å². The standard InChI is InChI=1S/C16H23NO2/c1-13-7-6-8-14(11-13)17(2)12-16(15(18)19)9-4-3-5-10-16/h6-8,11H,3-5,9-10,12H2,1-2H3,(H,18,19). The Balaban J connectivity index is 2.15. The van der Waals surface area contributed by atoms with Crippen LogP contribution in [0.2, 0.25) is 0 Å². The molecule has 0 heterocycles. The Morgan fingerprint density at radius 1 is 1.32 bits per heavy atom. The van der Waals surface area contributed by atoms with Crippen molar-refractivity contribution in [1.29, 1.82) is 0 Å². The zero-order valence-electron chi connectivity index (χ0n) is 11.9. The average molecular weight is 261 g/mol. The summed E-state index contributed by atoms with van der Waals surface area (Å²) in [6.07, 6.45) is 4.85. The molecular formula is C16H23NO2.